The molecule has 0 aliphatic carbocycles. The van der Waals surface area contributed by atoms with Crippen molar-refractivity contribution in [2.75, 3.05) is 33.0 Å². The highest BCUT2D eigenvalue weighted by atomic mass is 32.2. The van der Waals surface area contributed by atoms with Crippen molar-refractivity contribution in [1.29, 1.82) is 0 Å². The first kappa shape index (κ1) is 24.0. The molecule has 0 spiro atoms. The van der Waals surface area contributed by atoms with Crippen molar-refractivity contribution in [1.82, 2.24) is 9.62 Å². The number of nitrogens with zero attached hydrogens (tertiary/aromatic N) is 1. The molecule has 11 heteroatoms. The Bertz CT molecular complexity index is 1150. The van der Waals surface area contributed by atoms with Gasteiger partial charge in [-0.05, 0) is 49.2 Å². The molecule has 0 aromatic heterocycles. The lowest BCUT2D eigenvalue weighted by atomic mass is 10.2. The van der Waals surface area contributed by atoms with Crippen molar-refractivity contribution in [2.45, 2.75) is 23.0 Å². The highest BCUT2D eigenvalue weighted by molar-refractivity contribution is 7.92. The van der Waals surface area contributed by atoms with Crippen LogP contribution in [-0.4, -0.2) is 65.3 Å². The summed E-state index contributed by atoms with van der Waals surface area (Å²) in [6, 6.07) is 13.1. The number of benzene rings is 2. The van der Waals surface area contributed by atoms with E-state index in [1.807, 2.05) is 6.07 Å². The molecule has 2 aromatic rings. The molecular weight excluding hydrogens is 456 g/mol. The SMILES string of the molecule is CNC(=O)CS(=O)(=O)C1CCN(S(=O)(=O)c2ccc(Oc3ccccc3OC)cc2)CC1. The van der Waals surface area contributed by atoms with Crippen molar-refractivity contribution in [3.05, 3.63) is 48.5 Å². The van der Waals surface area contributed by atoms with E-state index in [2.05, 4.69) is 5.32 Å². The Morgan fingerprint density at radius 1 is 1.00 bits per heavy atom. The molecule has 32 heavy (non-hydrogen) atoms. The summed E-state index contributed by atoms with van der Waals surface area (Å²) in [5.74, 6) is 0.348. The number of carbonyl (C=O) groups excluding carboxylic acids is 1. The number of carbonyl (C=O) groups is 1. The largest absolute Gasteiger partial charge is 0.493 e. The van der Waals surface area contributed by atoms with E-state index in [1.54, 1.807) is 30.3 Å². The predicted molar refractivity (Wildman–Crippen MR) is 119 cm³/mol. The fraction of sp³-hybridized carbons (Fsp3) is 0.381. The van der Waals surface area contributed by atoms with Crippen molar-refractivity contribution in [2.24, 2.45) is 0 Å². The van der Waals surface area contributed by atoms with Crippen LogP contribution < -0.4 is 14.8 Å². The zero-order chi connectivity index (χ0) is 23.4. The molecule has 1 N–H and O–H groups in total. The van der Waals surface area contributed by atoms with Crippen LogP contribution in [0.5, 0.6) is 17.2 Å². The van der Waals surface area contributed by atoms with Gasteiger partial charge in [0.25, 0.3) is 0 Å². The number of amides is 1. The van der Waals surface area contributed by atoms with Crippen LogP contribution in [0.3, 0.4) is 0 Å². The van der Waals surface area contributed by atoms with E-state index in [0.29, 0.717) is 17.2 Å². The normalized spacial score (nSPS) is 15.8. The fourth-order valence-corrected chi connectivity index (χ4v) is 6.61. The minimum Gasteiger partial charge on any atom is -0.493 e. The number of hydrogen-bond acceptors (Lipinski definition) is 7. The number of ether oxygens (including phenoxy) is 2. The third kappa shape index (κ3) is 5.40. The minimum absolute atomic E-state index is 0.0689. The Kier molecular flexibility index (Phi) is 7.42. The summed E-state index contributed by atoms with van der Waals surface area (Å²) in [7, 11) is -4.50. The van der Waals surface area contributed by atoms with Crippen molar-refractivity contribution in [3.8, 4) is 17.2 Å². The molecule has 0 radical (unpaired) electrons. The second kappa shape index (κ2) is 9.88. The van der Waals surface area contributed by atoms with E-state index >= 15 is 0 Å². The van der Waals surface area contributed by atoms with E-state index in [1.165, 1.54) is 30.6 Å². The maximum Gasteiger partial charge on any atom is 0.243 e. The van der Waals surface area contributed by atoms with Crippen molar-refractivity contribution >= 4 is 25.8 Å². The Balaban J connectivity index is 1.66. The van der Waals surface area contributed by atoms with E-state index in [0.717, 1.165) is 0 Å². The van der Waals surface area contributed by atoms with E-state index in [4.69, 9.17) is 9.47 Å². The number of hydrogen-bond donors (Lipinski definition) is 1. The van der Waals surface area contributed by atoms with Gasteiger partial charge in [0, 0.05) is 20.1 Å². The van der Waals surface area contributed by atoms with Crippen LogP contribution in [0, 0.1) is 0 Å². The molecule has 1 fully saturated rings. The minimum atomic E-state index is -3.78. The molecule has 1 saturated heterocycles. The molecule has 2 aromatic carbocycles. The molecule has 1 aliphatic rings. The van der Waals surface area contributed by atoms with Crippen LogP contribution in [0.25, 0.3) is 0 Å². The van der Waals surface area contributed by atoms with Crippen LogP contribution in [0.1, 0.15) is 12.8 Å². The molecule has 3 rings (SSSR count). The van der Waals surface area contributed by atoms with Gasteiger partial charge in [-0.25, -0.2) is 16.8 Å². The lowest BCUT2D eigenvalue weighted by Crippen LogP contribution is -2.44. The zero-order valence-corrected chi connectivity index (χ0v) is 19.5. The predicted octanol–water partition coefficient (Wildman–Crippen LogP) is 1.80. The van der Waals surface area contributed by atoms with Gasteiger partial charge in [-0.1, -0.05) is 12.1 Å². The Morgan fingerprint density at radius 3 is 2.16 bits per heavy atom. The highest BCUT2D eigenvalue weighted by Gasteiger charge is 2.35. The van der Waals surface area contributed by atoms with Gasteiger partial charge in [0.05, 0.1) is 17.3 Å². The fourth-order valence-electron chi connectivity index (χ4n) is 3.46. The molecular formula is C21H26N2O7S2. The zero-order valence-electron chi connectivity index (χ0n) is 17.9. The summed E-state index contributed by atoms with van der Waals surface area (Å²) < 4.78 is 63.0. The third-order valence-electron chi connectivity index (χ3n) is 5.28. The van der Waals surface area contributed by atoms with Gasteiger partial charge in [-0.2, -0.15) is 4.31 Å². The molecule has 0 unspecified atom stereocenters. The summed E-state index contributed by atoms with van der Waals surface area (Å²) in [6.07, 6.45) is 0.293. The average molecular weight is 483 g/mol. The van der Waals surface area contributed by atoms with Crippen molar-refractivity contribution in [3.63, 3.8) is 0 Å². The Morgan fingerprint density at radius 2 is 1.59 bits per heavy atom. The van der Waals surface area contributed by atoms with Crippen LogP contribution in [0.4, 0.5) is 0 Å². The summed E-state index contributed by atoms with van der Waals surface area (Å²) in [5.41, 5.74) is 0. The van der Waals surface area contributed by atoms with Gasteiger partial charge in [0.15, 0.2) is 21.3 Å². The molecule has 0 bridgehead atoms. The van der Waals surface area contributed by atoms with Crippen LogP contribution in [-0.2, 0) is 24.7 Å². The lowest BCUT2D eigenvalue weighted by molar-refractivity contribution is -0.118. The van der Waals surface area contributed by atoms with Gasteiger partial charge in [0.1, 0.15) is 11.5 Å². The quantitative estimate of drug-likeness (QED) is 0.609. The smallest absolute Gasteiger partial charge is 0.243 e. The van der Waals surface area contributed by atoms with Crippen molar-refractivity contribution < 1.29 is 31.1 Å². The monoisotopic (exact) mass is 482 g/mol. The number of sulfonamides is 1. The molecule has 0 atom stereocenters. The molecule has 1 aliphatic heterocycles. The average Bonchev–Trinajstić information content (AvgIpc) is 2.79. The number of methoxy groups -OCH3 is 1. The van der Waals surface area contributed by atoms with Gasteiger partial charge in [0.2, 0.25) is 15.9 Å². The number of nitrogens with one attached hydrogen (secondary N) is 1. The summed E-state index contributed by atoms with van der Waals surface area (Å²) in [4.78, 5) is 11.5. The lowest BCUT2D eigenvalue weighted by Gasteiger charge is -2.30. The van der Waals surface area contributed by atoms with Gasteiger partial charge < -0.3 is 14.8 Å². The van der Waals surface area contributed by atoms with E-state index in [9.17, 15) is 21.6 Å². The number of piperidine rings is 1. The standard InChI is InChI=1S/C21H26N2O7S2/c1-22-21(24)15-31(25,26)17-11-13-23(14-12-17)32(27,28)18-9-7-16(8-10-18)30-20-6-4-3-5-19(20)29-2/h3-10,17H,11-15H2,1-2H3,(H,22,24). The number of sulfone groups is 1. The first-order chi connectivity index (χ1) is 15.2. The maximum absolute atomic E-state index is 13.0. The van der Waals surface area contributed by atoms with Crippen LogP contribution >= 0.6 is 0 Å². The highest BCUT2D eigenvalue weighted by Crippen LogP contribution is 2.32. The summed E-state index contributed by atoms with van der Waals surface area (Å²) in [6.45, 7) is 0.138. The topological polar surface area (TPSA) is 119 Å². The summed E-state index contributed by atoms with van der Waals surface area (Å²) >= 11 is 0. The maximum atomic E-state index is 13.0. The first-order valence-electron chi connectivity index (χ1n) is 10.0. The summed E-state index contributed by atoms with van der Waals surface area (Å²) in [5, 5.41) is 1.57. The Labute approximate surface area is 188 Å². The second-order valence-electron chi connectivity index (χ2n) is 7.31. The third-order valence-corrected chi connectivity index (χ3v) is 9.34. The van der Waals surface area contributed by atoms with Gasteiger partial charge in [-0.15, -0.1) is 0 Å². The number of rotatable bonds is 8. The van der Waals surface area contributed by atoms with Crippen LogP contribution in [0.15, 0.2) is 53.4 Å². The Hall–Kier alpha value is -2.63. The first-order valence-corrected chi connectivity index (χ1v) is 13.2. The number of para-hydroxylation sites is 2. The molecule has 1 amide bonds. The van der Waals surface area contributed by atoms with Gasteiger partial charge >= 0.3 is 0 Å². The molecule has 174 valence electrons. The molecule has 9 nitrogen and oxygen atoms in total. The van der Waals surface area contributed by atoms with E-state index in [-0.39, 0.29) is 30.8 Å². The van der Waals surface area contributed by atoms with Crippen LogP contribution in [0.2, 0.25) is 0 Å². The second-order valence-corrected chi connectivity index (χ2v) is 11.5. The van der Waals surface area contributed by atoms with E-state index < -0.39 is 36.8 Å². The molecule has 0 saturated carbocycles. The van der Waals surface area contributed by atoms with Gasteiger partial charge in [-0.3, -0.25) is 4.79 Å². The molecule has 1 heterocycles.